The van der Waals surface area contributed by atoms with E-state index >= 15 is 0 Å². The molecule has 2 nitrogen and oxygen atoms in total. The molecule has 0 aromatic carbocycles. The van der Waals surface area contributed by atoms with Crippen LogP contribution in [-0.4, -0.2) is 12.1 Å². The van der Waals surface area contributed by atoms with Gasteiger partial charge < -0.3 is 0 Å². The van der Waals surface area contributed by atoms with Crippen LogP contribution in [0.2, 0.25) is 0 Å². The predicted molar refractivity (Wildman–Crippen MR) is 35.2 cm³/mol. The lowest BCUT2D eigenvalue weighted by atomic mass is 9.99. The number of carbonyl (C=O) groups excluding carboxylic acids is 2. The summed E-state index contributed by atoms with van der Waals surface area (Å²) >= 11 is 0. The maximum Gasteiger partial charge on any atom is 0.304 e. The van der Waals surface area contributed by atoms with E-state index < -0.39 is 23.9 Å². The number of hydrogen-bond acceptors (Lipinski definition) is 2. The second-order valence-electron chi connectivity index (χ2n) is 2.65. The fourth-order valence-corrected chi connectivity index (χ4v) is 0.716. The Morgan fingerprint density at radius 2 is 1.36 bits per heavy atom. The van der Waals surface area contributed by atoms with Crippen molar-refractivity contribution >= 4 is 12.1 Å². The van der Waals surface area contributed by atoms with E-state index in [1.54, 1.807) is 0 Å². The predicted octanol–water partition coefficient (Wildman–Crippen LogP) is 1.64. The minimum absolute atomic E-state index is 0.0648. The molecule has 0 aliphatic rings. The van der Waals surface area contributed by atoms with Crippen molar-refractivity contribution in [2.24, 2.45) is 11.8 Å². The number of rotatable bonds is 4. The zero-order valence-corrected chi connectivity index (χ0v) is 6.43. The third kappa shape index (κ3) is 3.80. The number of carbonyl (C=O) groups is 2. The van der Waals surface area contributed by atoms with Gasteiger partial charge in [0, 0.05) is 11.8 Å². The average Bonchev–Trinajstić information content (AvgIpc) is 1.87. The maximum absolute atomic E-state index is 11.8. The van der Waals surface area contributed by atoms with Crippen LogP contribution in [0.4, 0.5) is 8.78 Å². The third-order valence-electron chi connectivity index (χ3n) is 1.48. The van der Waals surface area contributed by atoms with Gasteiger partial charge >= 0.3 is 12.1 Å². The van der Waals surface area contributed by atoms with Gasteiger partial charge in [0.2, 0.25) is 0 Å². The standard InChI is InChI=1S/C7H10F2O2/c1-4(6(8)10)3-5(2)7(9)11/h4-5H,3H2,1-2H3. The van der Waals surface area contributed by atoms with Crippen molar-refractivity contribution in [1.29, 1.82) is 0 Å². The van der Waals surface area contributed by atoms with Crippen molar-refractivity contribution in [3.05, 3.63) is 0 Å². The minimum atomic E-state index is -1.50. The number of halogens is 2. The molecule has 0 fully saturated rings. The summed E-state index contributed by atoms with van der Waals surface area (Å²) in [5, 5.41) is 0. The second kappa shape index (κ2) is 4.16. The van der Waals surface area contributed by atoms with Gasteiger partial charge in [-0.25, -0.2) is 0 Å². The molecule has 0 saturated heterocycles. The third-order valence-corrected chi connectivity index (χ3v) is 1.48. The minimum Gasteiger partial charge on any atom is -0.261 e. The molecule has 0 aromatic rings. The van der Waals surface area contributed by atoms with Crippen LogP contribution in [0.1, 0.15) is 20.3 Å². The molecule has 0 spiro atoms. The Labute approximate surface area is 63.6 Å². The van der Waals surface area contributed by atoms with Crippen molar-refractivity contribution < 1.29 is 18.4 Å². The van der Waals surface area contributed by atoms with Crippen molar-refractivity contribution in [3.8, 4) is 0 Å². The monoisotopic (exact) mass is 164 g/mol. The van der Waals surface area contributed by atoms with E-state index in [2.05, 4.69) is 0 Å². The van der Waals surface area contributed by atoms with Crippen molar-refractivity contribution in [3.63, 3.8) is 0 Å². The molecule has 2 atom stereocenters. The molecule has 0 N–H and O–H groups in total. The van der Waals surface area contributed by atoms with Gasteiger partial charge in [-0.2, -0.15) is 8.78 Å². The van der Waals surface area contributed by atoms with Crippen LogP contribution >= 0.6 is 0 Å². The average molecular weight is 164 g/mol. The Balaban J connectivity index is 3.84. The highest BCUT2D eigenvalue weighted by Gasteiger charge is 2.20. The van der Waals surface area contributed by atoms with Crippen LogP contribution in [0.25, 0.3) is 0 Å². The highest BCUT2D eigenvalue weighted by atomic mass is 19.1. The Bertz CT molecular complexity index is 150. The van der Waals surface area contributed by atoms with Gasteiger partial charge in [-0.05, 0) is 6.42 Å². The molecule has 2 unspecified atom stereocenters. The molecule has 0 bridgehead atoms. The van der Waals surface area contributed by atoms with Crippen LogP contribution in [0, 0.1) is 11.8 Å². The largest absolute Gasteiger partial charge is 0.304 e. The smallest absolute Gasteiger partial charge is 0.261 e. The molecule has 64 valence electrons. The molecule has 4 heteroatoms. The molecule has 0 radical (unpaired) electrons. The summed E-state index contributed by atoms with van der Waals surface area (Å²) in [5.74, 6) is -1.77. The first-order chi connectivity index (χ1) is 4.95. The molecule has 0 saturated carbocycles. The lowest BCUT2D eigenvalue weighted by molar-refractivity contribution is -0.136. The maximum atomic E-state index is 11.8. The summed E-state index contributed by atoms with van der Waals surface area (Å²) in [6.45, 7) is 2.64. The molecular formula is C7H10F2O2. The molecule has 0 heterocycles. The Hall–Kier alpha value is -0.800. The van der Waals surface area contributed by atoms with Crippen LogP contribution in [0.15, 0.2) is 0 Å². The zero-order chi connectivity index (χ0) is 9.02. The Morgan fingerprint density at radius 1 is 1.09 bits per heavy atom. The highest BCUT2D eigenvalue weighted by Crippen LogP contribution is 2.14. The lowest BCUT2D eigenvalue weighted by Crippen LogP contribution is -2.14. The van der Waals surface area contributed by atoms with Crippen molar-refractivity contribution in [2.75, 3.05) is 0 Å². The Kier molecular flexibility index (Phi) is 3.85. The zero-order valence-electron chi connectivity index (χ0n) is 6.43. The Morgan fingerprint density at radius 3 is 1.55 bits per heavy atom. The first-order valence-corrected chi connectivity index (χ1v) is 3.33. The molecule has 0 aliphatic carbocycles. The van der Waals surface area contributed by atoms with E-state index in [-0.39, 0.29) is 6.42 Å². The van der Waals surface area contributed by atoms with Crippen LogP contribution < -0.4 is 0 Å². The van der Waals surface area contributed by atoms with Gasteiger partial charge in [0.1, 0.15) is 0 Å². The van der Waals surface area contributed by atoms with Crippen LogP contribution in [0.3, 0.4) is 0 Å². The van der Waals surface area contributed by atoms with Crippen LogP contribution in [0.5, 0.6) is 0 Å². The van der Waals surface area contributed by atoms with Crippen LogP contribution in [-0.2, 0) is 9.59 Å². The molecule has 0 aromatic heterocycles. The van der Waals surface area contributed by atoms with Crippen molar-refractivity contribution in [1.82, 2.24) is 0 Å². The molecular weight excluding hydrogens is 154 g/mol. The first-order valence-electron chi connectivity index (χ1n) is 3.33. The van der Waals surface area contributed by atoms with Gasteiger partial charge in [0.15, 0.2) is 0 Å². The molecule has 11 heavy (non-hydrogen) atoms. The lowest BCUT2D eigenvalue weighted by Gasteiger charge is -2.07. The van der Waals surface area contributed by atoms with E-state index in [4.69, 9.17) is 0 Å². The van der Waals surface area contributed by atoms with Gasteiger partial charge in [-0.15, -0.1) is 0 Å². The van der Waals surface area contributed by atoms with Crippen molar-refractivity contribution in [2.45, 2.75) is 20.3 Å². The summed E-state index contributed by atoms with van der Waals surface area (Å²) < 4.78 is 23.7. The molecule has 0 amide bonds. The quantitative estimate of drug-likeness (QED) is 0.592. The summed E-state index contributed by atoms with van der Waals surface area (Å²) in [6.07, 6.45) is -0.0648. The second-order valence-corrected chi connectivity index (χ2v) is 2.65. The van der Waals surface area contributed by atoms with E-state index in [0.717, 1.165) is 0 Å². The SMILES string of the molecule is CC(CC(C)C(=O)F)C(=O)F. The van der Waals surface area contributed by atoms with E-state index in [0.29, 0.717) is 0 Å². The van der Waals surface area contributed by atoms with E-state index in [9.17, 15) is 18.4 Å². The topological polar surface area (TPSA) is 34.1 Å². The first kappa shape index (κ1) is 10.2. The van der Waals surface area contributed by atoms with Gasteiger partial charge in [0.25, 0.3) is 0 Å². The number of hydrogen-bond donors (Lipinski definition) is 0. The normalized spacial score (nSPS) is 15.6. The summed E-state index contributed by atoms with van der Waals surface area (Å²) in [6, 6.07) is -3.00. The summed E-state index contributed by atoms with van der Waals surface area (Å²) in [4.78, 5) is 20.0. The van der Waals surface area contributed by atoms with Gasteiger partial charge in [-0.1, -0.05) is 13.8 Å². The summed E-state index contributed by atoms with van der Waals surface area (Å²) in [7, 11) is 0. The fourth-order valence-electron chi connectivity index (χ4n) is 0.716. The highest BCUT2D eigenvalue weighted by molar-refractivity contribution is 5.74. The molecule has 0 rings (SSSR count). The van der Waals surface area contributed by atoms with E-state index in [1.165, 1.54) is 13.8 Å². The fraction of sp³-hybridized carbons (Fsp3) is 0.714. The molecule has 0 aliphatic heterocycles. The van der Waals surface area contributed by atoms with E-state index in [1.807, 2.05) is 0 Å². The van der Waals surface area contributed by atoms with Gasteiger partial charge in [-0.3, -0.25) is 9.59 Å². The van der Waals surface area contributed by atoms with Gasteiger partial charge in [0.05, 0.1) is 0 Å². The summed E-state index contributed by atoms with van der Waals surface area (Å²) in [5.41, 5.74) is 0.